The average molecular weight is 435 g/mol. The van der Waals surface area contributed by atoms with E-state index in [1.165, 1.54) is 3.57 Å². The van der Waals surface area contributed by atoms with E-state index in [-0.39, 0.29) is 11.9 Å². The minimum absolute atomic E-state index is 0.134. The molecule has 2 aromatic rings. The zero-order valence-corrected chi connectivity index (χ0v) is 16.3. The number of hydrogen-bond acceptors (Lipinski definition) is 3. The van der Waals surface area contributed by atoms with Gasteiger partial charge in [0, 0.05) is 9.26 Å². The number of carbonyl (C=O) groups excluding carboxylic acids is 1. The quantitative estimate of drug-likeness (QED) is 0.403. The molecule has 1 unspecified atom stereocenters. The molecule has 1 atom stereocenters. The molecule has 0 radical (unpaired) electrons. The molecule has 2 rings (SSSR count). The lowest BCUT2D eigenvalue weighted by Gasteiger charge is -2.18. The number of hydrogen-bond donors (Lipinski definition) is 2. The zero-order chi connectivity index (χ0) is 17.5. The molecule has 5 heteroatoms. The van der Waals surface area contributed by atoms with Gasteiger partial charge < -0.3 is 5.32 Å². The third-order valence-electron chi connectivity index (χ3n) is 3.77. The Hall–Kier alpha value is -1.89. The van der Waals surface area contributed by atoms with Crippen LogP contribution < -0.4 is 10.7 Å². The first kappa shape index (κ1) is 18.4. The Morgan fingerprint density at radius 2 is 1.92 bits per heavy atom. The predicted octanol–water partition coefficient (Wildman–Crippen LogP) is 4.33. The molecule has 2 N–H and O–H groups in total. The third-order valence-corrected chi connectivity index (χ3v) is 4.44. The van der Waals surface area contributed by atoms with E-state index in [9.17, 15) is 4.79 Å². The van der Waals surface area contributed by atoms with Gasteiger partial charge >= 0.3 is 0 Å². The molecule has 0 saturated carbocycles. The molecule has 0 aliphatic heterocycles. The van der Waals surface area contributed by atoms with Crippen LogP contribution in [0, 0.1) is 10.5 Å². The van der Waals surface area contributed by atoms with Gasteiger partial charge in [0.25, 0.3) is 5.91 Å². The molecule has 0 aliphatic rings. The van der Waals surface area contributed by atoms with E-state index in [0.29, 0.717) is 6.42 Å². The third kappa shape index (κ3) is 5.06. The van der Waals surface area contributed by atoms with Crippen molar-refractivity contribution in [1.82, 2.24) is 5.43 Å². The van der Waals surface area contributed by atoms with E-state index in [1.807, 2.05) is 63.2 Å². The van der Waals surface area contributed by atoms with Crippen LogP contribution >= 0.6 is 22.6 Å². The summed E-state index contributed by atoms with van der Waals surface area (Å²) in [5, 5.41) is 7.52. The van der Waals surface area contributed by atoms with Crippen LogP contribution in [0.15, 0.2) is 53.6 Å². The molecular weight excluding hydrogens is 413 g/mol. The molecule has 0 fully saturated rings. The monoisotopic (exact) mass is 435 g/mol. The standard InChI is InChI=1S/C19H22IN3O/c1-4-17(21-18-11-10-16(20)12-13(18)2)19(24)23-22-14(3)15-8-6-5-7-9-15/h5-12,17,21H,4H2,1-3H3,(H,23,24). The van der Waals surface area contributed by atoms with E-state index in [1.54, 1.807) is 0 Å². The molecule has 24 heavy (non-hydrogen) atoms. The number of nitrogens with one attached hydrogen (secondary N) is 2. The van der Waals surface area contributed by atoms with Gasteiger partial charge in [-0.2, -0.15) is 5.10 Å². The van der Waals surface area contributed by atoms with Gasteiger partial charge in [-0.15, -0.1) is 0 Å². The number of halogens is 1. The van der Waals surface area contributed by atoms with Gasteiger partial charge in [-0.1, -0.05) is 37.3 Å². The molecule has 0 saturated heterocycles. The van der Waals surface area contributed by atoms with Crippen LogP contribution in [0.1, 0.15) is 31.4 Å². The molecule has 2 aromatic carbocycles. The highest BCUT2D eigenvalue weighted by molar-refractivity contribution is 14.1. The van der Waals surface area contributed by atoms with Crippen molar-refractivity contribution < 1.29 is 4.79 Å². The summed E-state index contributed by atoms with van der Waals surface area (Å²) in [5.74, 6) is -0.134. The smallest absolute Gasteiger partial charge is 0.262 e. The topological polar surface area (TPSA) is 53.5 Å². The molecular formula is C19H22IN3O. The summed E-state index contributed by atoms with van der Waals surface area (Å²) in [6.07, 6.45) is 0.678. The van der Waals surface area contributed by atoms with Crippen molar-refractivity contribution in [3.63, 3.8) is 0 Å². The van der Waals surface area contributed by atoms with Crippen molar-refractivity contribution >= 4 is 39.9 Å². The Kier molecular flexibility index (Phi) is 6.78. The summed E-state index contributed by atoms with van der Waals surface area (Å²) in [5.41, 5.74) is 6.54. The number of carbonyl (C=O) groups is 1. The minimum Gasteiger partial charge on any atom is -0.373 e. The summed E-state index contributed by atoms with van der Waals surface area (Å²) >= 11 is 2.28. The maximum Gasteiger partial charge on any atom is 0.262 e. The summed E-state index contributed by atoms with van der Waals surface area (Å²) in [4.78, 5) is 12.4. The number of nitrogens with zero attached hydrogens (tertiary/aromatic N) is 1. The van der Waals surface area contributed by atoms with E-state index < -0.39 is 0 Å². The highest BCUT2D eigenvalue weighted by atomic mass is 127. The maximum atomic E-state index is 12.4. The van der Waals surface area contributed by atoms with Crippen LogP contribution in [-0.4, -0.2) is 17.7 Å². The lowest BCUT2D eigenvalue weighted by atomic mass is 10.1. The molecule has 0 aliphatic carbocycles. The summed E-state index contributed by atoms with van der Waals surface area (Å²) in [6.45, 7) is 5.90. The number of hydrazone groups is 1. The second-order valence-electron chi connectivity index (χ2n) is 5.60. The van der Waals surface area contributed by atoms with Crippen molar-refractivity contribution in [3.8, 4) is 0 Å². The molecule has 126 valence electrons. The fourth-order valence-electron chi connectivity index (χ4n) is 2.29. The summed E-state index contributed by atoms with van der Waals surface area (Å²) < 4.78 is 1.18. The van der Waals surface area contributed by atoms with E-state index in [0.717, 1.165) is 22.5 Å². The molecule has 0 bridgehead atoms. The van der Waals surface area contributed by atoms with Crippen LogP contribution in [0.4, 0.5) is 5.69 Å². The molecule has 1 amide bonds. The maximum absolute atomic E-state index is 12.4. The van der Waals surface area contributed by atoms with Crippen LogP contribution in [0.25, 0.3) is 0 Å². The number of amides is 1. The number of benzene rings is 2. The van der Waals surface area contributed by atoms with Crippen molar-refractivity contribution in [2.24, 2.45) is 5.10 Å². The molecule has 0 heterocycles. The normalized spacial score (nSPS) is 12.6. The lowest BCUT2D eigenvalue weighted by Crippen LogP contribution is -2.37. The Bertz CT molecular complexity index is 729. The van der Waals surface area contributed by atoms with Gasteiger partial charge in [0.1, 0.15) is 6.04 Å². The Balaban J connectivity index is 2.03. The first-order valence-electron chi connectivity index (χ1n) is 7.93. The molecule has 0 aromatic heterocycles. The predicted molar refractivity (Wildman–Crippen MR) is 108 cm³/mol. The van der Waals surface area contributed by atoms with Crippen molar-refractivity contribution in [2.45, 2.75) is 33.2 Å². The van der Waals surface area contributed by atoms with Crippen LogP contribution in [-0.2, 0) is 4.79 Å². The van der Waals surface area contributed by atoms with Gasteiger partial charge in [0.15, 0.2) is 0 Å². The van der Waals surface area contributed by atoms with Crippen LogP contribution in [0.3, 0.4) is 0 Å². The number of rotatable bonds is 6. The largest absolute Gasteiger partial charge is 0.373 e. The van der Waals surface area contributed by atoms with Crippen LogP contribution in [0.5, 0.6) is 0 Å². The van der Waals surface area contributed by atoms with Crippen molar-refractivity contribution in [2.75, 3.05) is 5.32 Å². The van der Waals surface area contributed by atoms with Gasteiger partial charge in [0.05, 0.1) is 5.71 Å². The summed E-state index contributed by atoms with van der Waals surface area (Å²) in [7, 11) is 0. The zero-order valence-electron chi connectivity index (χ0n) is 14.1. The fourth-order valence-corrected chi connectivity index (χ4v) is 2.94. The van der Waals surface area contributed by atoms with Gasteiger partial charge in [-0.05, 0) is 72.2 Å². The first-order valence-corrected chi connectivity index (χ1v) is 9.01. The van der Waals surface area contributed by atoms with Crippen LogP contribution in [0.2, 0.25) is 0 Å². The van der Waals surface area contributed by atoms with Gasteiger partial charge in [0.2, 0.25) is 0 Å². The van der Waals surface area contributed by atoms with Crippen molar-refractivity contribution in [1.29, 1.82) is 0 Å². The highest BCUT2D eigenvalue weighted by Crippen LogP contribution is 2.19. The van der Waals surface area contributed by atoms with Gasteiger partial charge in [-0.3, -0.25) is 4.79 Å². The molecule has 0 spiro atoms. The highest BCUT2D eigenvalue weighted by Gasteiger charge is 2.16. The minimum atomic E-state index is -0.323. The summed E-state index contributed by atoms with van der Waals surface area (Å²) in [6, 6.07) is 15.6. The Labute approximate surface area is 156 Å². The Morgan fingerprint density at radius 3 is 2.54 bits per heavy atom. The average Bonchev–Trinajstić information content (AvgIpc) is 2.59. The lowest BCUT2D eigenvalue weighted by molar-refractivity contribution is -0.121. The first-order chi connectivity index (χ1) is 11.5. The Morgan fingerprint density at radius 1 is 1.21 bits per heavy atom. The second kappa shape index (κ2) is 8.82. The number of anilines is 1. The van der Waals surface area contributed by atoms with Crippen molar-refractivity contribution in [3.05, 3.63) is 63.2 Å². The fraction of sp³-hybridized carbons (Fsp3) is 0.263. The van der Waals surface area contributed by atoms with E-state index in [4.69, 9.17) is 0 Å². The van der Waals surface area contributed by atoms with E-state index >= 15 is 0 Å². The van der Waals surface area contributed by atoms with Gasteiger partial charge in [-0.25, -0.2) is 5.43 Å². The number of aryl methyl sites for hydroxylation is 1. The van der Waals surface area contributed by atoms with E-state index in [2.05, 4.69) is 44.5 Å². The molecule has 4 nitrogen and oxygen atoms in total. The SMILES string of the molecule is CCC(Nc1ccc(I)cc1C)C(=O)NN=C(C)c1ccccc1. The second-order valence-corrected chi connectivity index (χ2v) is 6.85.